The number of ether oxygens (including phenoxy) is 2. The summed E-state index contributed by atoms with van der Waals surface area (Å²) in [5.41, 5.74) is 1.19. The van der Waals surface area contributed by atoms with Gasteiger partial charge >= 0.3 is 0 Å². The van der Waals surface area contributed by atoms with E-state index in [1.807, 2.05) is 31.2 Å². The summed E-state index contributed by atoms with van der Waals surface area (Å²) in [6.45, 7) is 3.35. The van der Waals surface area contributed by atoms with Crippen molar-refractivity contribution in [1.82, 2.24) is 14.5 Å². The zero-order valence-corrected chi connectivity index (χ0v) is 20.9. The van der Waals surface area contributed by atoms with Crippen molar-refractivity contribution in [3.63, 3.8) is 0 Å². The Morgan fingerprint density at radius 1 is 1.12 bits per heavy atom. The van der Waals surface area contributed by atoms with Crippen molar-refractivity contribution in [2.75, 3.05) is 33.6 Å². The standard InChI is InChI=1S/C24H31N3O6S/c1-17-6-8-18(9-7-17)13-25-23(29)24(2)16-26(34(5,30)31)15-22(28)27(24)14-19-12-20(32-3)10-11-21(19)33-4/h6-12H,13-16H2,1-5H3,(H,25,29)/t24-/m1/s1. The Kier molecular flexibility index (Phi) is 7.52. The fourth-order valence-electron chi connectivity index (χ4n) is 3.94. The second kappa shape index (κ2) is 10.0. The van der Waals surface area contributed by atoms with E-state index in [2.05, 4.69) is 5.32 Å². The van der Waals surface area contributed by atoms with Crippen LogP contribution in [-0.2, 0) is 32.7 Å². The molecule has 1 N–H and O–H groups in total. The lowest BCUT2D eigenvalue weighted by Crippen LogP contribution is -2.69. The number of carbonyl (C=O) groups excluding carboxylic acids is 2. The molecule has 0 bridgehead atoms. The smallest absolute Gasteiger partial charge is 0.247 e. The van der Waals surface area contributed by atoms with Gasteiger partial charge in [0.1, 0.15) is 17.0 Å². The second-order valence-electron chi connectivity index (χ2n) is 8.63. The number of nitrogens with zero attached hydrogens (tertiary/aromatic N) is 2. The van der Waals surface area contributed by atoms with Crippen LogP contribution in [0.15, 0.2) is 42.5 Å². The molecule has 0 radical (unpaired) electrons. The van der Waals surface area contributed by atoms with E-state index < -0.39 is 27.4 Å². The number of piperazine rings is 1. The van der Waals surface area contributed by atoms with Crippen molar-refractivity contribution < 1.29 is 27.5 Å². The summed E-state index contributed by atoms with van der Waals surface area (Å²) in [7, 11) is -0.646. The Labute approximate surface area is 200 Å². The quantitative estimate of drug-likeness (QED) is 0.605. The third-order valence-electron chi connectivity index (χ3n) is 6.04. The highest BCUT2D eigenvalue weighted by molar-refractivity contribution is 7.88. The van der Waals surface area contributed by atoms with Gasteiger partial charge in [0.05, 0.1) is 33.6 Å². The number of benzene rings is 2. The zero-order chi connectivity index (χ0) is 25.1. The zero-order valence-electron chi connectivity index (χ0n) is 20.1. The minimum absolute atomic E-state index is 0.0469. The van der Waals surface area contributed by atoms with Crippen LogP contribution in [0.25, 0.3) is 0 Å². The number of nitrogens with one attached hydrogen (secondary N) is 1. The Bertz CT molecular complexity index is 1170. The molecular formula is C24H31N3O6S. The molecule has 0 aliphatic carbocycles. The van der Waals surface area contributed by atoms with Gasteiger partial charge in [0, 0.05) is 18.7 Å². The van der Waals surface area contributed by atoms with Crippen molar-refractivity contribution >= 4 is 21.8 Å². The van der Waals surface area contributed by atoms with Gasteiger partial charge in [-0.2, -0.15) is 4.31 Å². The summed E-state index contributed by atoms with van der Waals surface area (Å²) in [5.74, 6) is 0.177. The molecule has 2 aromatic rings. The number of amides is 2. The van der Waals surface area contributed by atoms with E-state index in [-0.39, 0.29) is 26.2 Å². The Balaban J connectivity index is 1.94. The minimum atomic E-state index is -3.69. The number of rotatable bonds is 8. The van der Waals surface area contributed by atoms with Gasteiger partial charge in [-0.25, -0.2) is 8.42 Å². The van der Waals surface area contributed by atoms with Gasteiger partial charge in [-0.1, -0.05) is 29.8 Å². The van der Waals surface area contributed by atoms with Gasteiger partial charge in [-0.05, 0) is 37.6 Å². The summed E-state index contributed by atoms with van der Waals surface area (Å²) >= 11 is 0. The summed E-state index contributed by atoms with van der Waals surface area (Å²) in [6, 6.07) is 12.9. The largest absolute Gasteiger partial charge is 0.497 e. The molecule has 1 aliphatic rings. The summed E-state index contributed by atoms with van der Waals surface area (Å²) in [6.07, 6.45) is 1.03. The molecule has 0 aromatic heterocycles. The third kappa shape index (κ3) is 5.51. The molecule has 0 unspecified atom stereocenters. The first-order valence-electron chi connectivity index (χ1n) is 10.8. The van der Waals surface area contributed by atoms with Crippen LogP contribution < -0.4 is 14.8 Å². The summed E-state index contributed by atoms with van der Waals surface area (Å²) < 4.78 is 36.4. The second-order valence-corrected chi connectivity index (χ2v) is 10.6. The monoisotopic (exact) mass is 489 g/mol. The van der Waals surface area contributed by atoms with Crippen LogP contribution in [0, 0.1) is 6.92 Å². The highest BCUT2D eigenvalue weighted by atomic mass is 32.2. The first-order valence-corrected chi connectivity index (χ1v) is 12.6. The number of methoxy groups -OCH3 is 2. The van der Waals surface area contributed by atoms with Gasteiger partial charge in [0.2, 0.25) is 21.8 Å². The lowest BCUT2D eigenvalue weighted by atomic mass is 9.94. The molecule has 2 aromatic carbocycles. The van der Waals surface area contributed by atoms with Crippen molar-refractivity contribution in [2.45, 2.75) is 32.5 Å². The molecule has 34 heavy (non-hydrogen) atoms. The molecule has 2 amide bonds. The molecule has 0 saturated carbocycles. The number of carbonyl (C=O) groups is 2. The average molecular weight is 490 g/mol. The number of hydrogen-bond acceptors (Lipinski definition) is 6. The van der Waals surface area contributed by atoms with Crippen LogP contribution in [0.4, 0.5) is 0 Å². The van der Waals surface area contributed by atoms with Crippen LogP contribution in [0.5, 0.6) is 11.5 Å². The van der Waals surface area contributed by atoms with Gasteiger partial charge in [0.15, 0.2) is 0 Å². The maximum Gasteiger partial charge on any atom is 0.247 e. The van der Waals surface area contributed by atoms with E-state index in [1.54, 1.807) is 25.1 Å². The number of aryl methyl sites for hydroxylation is 1. The van der Waals surface area contributed by atoms with E-state index in [4.69, 9.17) is 9.47 Å². The predicted octanol–water partition coefficient (Wildman–Crippen LogP) is 1.69. The van der Waals surface area contributed by atoms with Crippen LogP contribution in [0.2, 0.25) is 0 Å². The lowest BCUT2D eigenvalue weighted by Gasteiger charge is -2.46. The van der Waals surface area contributed by atoms with Crippen LogP contribution in [0.3, 0.4) is 0 Å². The van der Waals surface area contributed by atoms with Gasteiger partial charge in [0.25, 0.3) is 0 Å². The van der Waals surface area contributed by atoms with Crippen molar-refractivity contribution in [1.29, 1.82) is 0 Å². The van der Waals surface area contributed by atoms with Gasteiger partial charge in [-0.3, -0.25) is 9.59 Å². The highest BCUT2D eigenvalue weighted by Gasteiger charge is 2.49. The SMILES string of the molecule is COc1ccc(OC)c(CN2C(=O)CN(S(C)(=O)=O)C[C@]2(C)C(=O)NCc2ccc(C)cc2)c1. The number of sulfonamides is 1. The maximum atomic E-state index is 13.5. The Morgan fingerprint density at radius 3 is 2.38 bits per heavy atom. The predicted molar refractivity (Wildman–Crippen MR) is 128 cm³/mol. The highest BCUT2D eigenvalue weighted by Crippen LogP contribution is 2.31. The molecule has 1 atom stereocenters. The first-order chi connectivity index (χ1) is 16.0. The normalized spacial score (nSPS) is 19.1. The molecule has 1 aliphatic heterocycles. The van der Waals surface area contributed by atoms with Crippen molar-refractivity contribution in [2.24, 2.45) is 0 Å². The number of hydrogen-bond donors (Lipinski definition) is 1. The van der Waals surface area contributed by atoms with Crippen LogP contribution in [0.1, 0.15) is 23.6 Å². The minimum Gasteiger partial charge on any atom is -0.497 e. The van der Waals surface area contributed by atoms with Crippen molar-refractivity contribution in [3.05, 3.63) is 59.2 Å². The van der Waals surface area contributed by atoms with E-state index in [0.29, 0.717) is 17.1 Å². The third-order valence-corrected chi connectivity index (χ3v) is 7.24. The Morgan fingerprint density at radius 2 is 1.79 bits per heavy atom. The first kappa shape index (κ1) is 25.5. The average Bonchev–Trinajstić information content (AvgIpc) is 2.79. The van der Waals surface area contributed by atoms with Gasteiger partial charge in [-0.15, -0.1) is 0 Å². The molecular weight excluding hydrogens is 458 g/mol. The fraction of sp³-hybridized carbons (Fsp3) is 0.417. The summed E-state index contributed by atoms with van der Waals surface area (Å²) in [5, 5.41) is 2.88. The van der Waals surface area contributed by atoms with Crippen LogP contribution in [-0.4, -0.2) is 68.5 Å². The van der Waals surface area contributed by atoms with Crippen LogP contribution >= 0.6 is 0 Å². The fourth-order valence-corrected chi connectivity index (χ4v) is 4.77. The molecule has 3 rings (SSSR count). The van der Waals surface area contributed by atoms with Gasteiger partial charge < -0.3 is 19.7 Å². The van der Waals surface area contributed by atoms with Crippen molar-refractivity contribution in [3.8, 4) is 11.5 Å². The molecule has 1 fully saturated rings. The summed E-state index contributed by atoms with van der Waals surface area (Å²) in [4.78, 5) is 28.1. The lowest BCUT2D eigenvalue weighted by molar-refractivity contribution is -0.153. The van der Waals surface area contributed by atoms with E-state index in [9.17, 15) is 18.0 Å². The molecule has 0 spiro atoms. The molecule has 1 heterocycles. The van der Waals surface area contributed by atoms with E-state index in [0.717, 1.165) is 21.7 Å². The molecule has 9 nitrogen and oxygen atoms in total. The molecule has 10 heteroatoms. The molecule has 1 saturated heterocycles. The van der Waals surface area contributed by atoms with E-state index >= 15 is 0 Å². The topological polar surface area (TPSA) is 105 Å². The maximum absolute atomic E-state index is 13.5. The molecule has 184 valence electrons. The van der Waals surface area contributed by atoms with E-state index in [1.165, 1.54) is 19.1 Å². The Hall–Kier alpha value is -3.11.